The van der Waals surface area contributed by atoms with Crippen LogP contribution in [0.15, 0.2) is 23.0 Å². The molecule has 0 spiro atoms. The Morgan fingerprint density at radius 2 is 2.15 bits per heavy atom. The molecule has 1 aromatic heterocycles. The van der Waals surface area contributed by atoms with Crippen molar-refractivity contribution in [1.82, 2.24) is 14.3 Å². The third kappa shape index (κ3) is 3.69. The lowest BCUT2D eigenvalue weighted by molar-refractivity contribution is -0.274. The number of carboxylic acid groups (broad SMARTS) is 1. The summed E-state index contributed by atoms with van der Waals surface area (Å²) in [6, 6.07) is 2.65. The Morgan fingerprint density at radius 1 is 1.42 bits per heavy atom. The van der Waals surface area contributed by atoms with Gasteiger partial charge in [0.2, 0.25) is 0 Å². The number of alkyl halides is 3. The Morgan fingerprint density at radius 3 is 2.77 bits per heavy atom. The van der Waals surface area contributed by atoms with Crippen molar-refractivity contribution in [3.05, 3.63) is 45.1 Å². The SMILES string of the molecule is O=C(O)C1CCCc2nn(Cc3ccc(OC(F)(F)F)c(Cl)c3)c(=O)n21. The van der Waals surface area contributed by atoms with Crippen LogP contribution in [0, 0.1) is 0 Å². The molecule has 11 heteroatoms. The van der Waals surface area contributed by atoms with E-state index in [0.717, 1.165) is 15.3 Å². The van der Waals surface area contributed by atoms with Gasteiger partial charge in [0.05, 0.1) is 11.6 Å². The molecule has 7 nitrogen and oxygen atoms in total. The molecule has 2 aromatic rings. The molecule has 140 valence electrons. The lowest BCUT2D eigenvalue weighted by Gasteiger charge is -2.19. The van der Waals surface area contributed by atoms with Crippen molar-refractivity contribution in [1.29, 1.82) is 0 Å². The maximum absolute atomic E-state index is 12.5. The molecule has 1 unspecified atom stereocenters. The van der Waals surface area contributed by atoms with E-state index in [1.165, 1.54) is 12.1 Å². The Labute approximate surface area is 149 Å². The van der Waals surface area contributed by atoms with E-state index in [1.807, 2.05) is 0 Å². The van der Waals surface area contributed by atoms with Gasteiger partial charge in [-0.25, -0.2) is 14.3 Å². The summed E-state index contributed by atoms with van der Waals surface area (Å²) < 4.78 is 42.8. The fraction of sp³-hybridized carbons (Fsp3) is 0.400. The lowest BCUT2D eigenvalue weighted by atomic mass is 10.1. The van der Waals surface area contributed by atoms with Gasteiger partial charge in [0, 0.05) is 6.42 Å². The first kappa shape index (κ1) is 18.3. The molecule has 0 saturated heterocycles. The number of halogens is 4. The van der Waals surface area contributed by atoms with Gasteiger partial charge in [-0.05, 0) is 30.5 Å². The number of nitrogens with zero attached hydrogens (tertiary/aromatic N) is 3. The van der Waals surface area contributed by atoms with Crippen molar-refractivity contribution in [2.24, 2.45) is 0 Å². The topological polar surface area (TPSA) is 86.3 Å². The van der Waals surface area contributed by atoms with E-state index in [1.54, 1.807) is 0 Å². The third-order valence-electron chi connectivity index (χ3n) is 3.97. The van der Waals surface area contributed by atoms with Gasteiger partial charge in [-0.2, -0.15) is 5.10 Å². The normalized spacial score (nSPS) is 17.0. The number of aryl methyl sites for hydroxylation is 1. The number of carbonyl (C=O) groups is 1. The minimum atomic E-state index is -4.86. The minimum absolute atomic E-state index is 0.0583. The average molecular weight is 392 g/mol. The van der Waals surface area contributed by atoms with Crippen LogP contribution in [0.1, 0.15) is 30.3 Å². The molecule has 0 fully saturated rings. The first-order valence-electron chi connectivity index (χ1n) is 7.61. The van der Waals surface area contributed by atoms with Crippen LogP contribution in [0.5, 0.6) is 5.75 Å². The molecular weight excluding hydrogens is 379 g/mol. The van der Waals surface area contributed by atoms with E-state index < -0.39 is 29.8 Å². The molecule has 0 saturated carbocycles. The molecule has 0 amide bonds. The quantitative estimate of drug-likeness (QED) is 0.865. The van der Waals surface area contributed by atoms with E-state index >= 15 is 0 Å². The lowest BCUT2D eigenvalue weighted by Crippen LogP contribution is -2.34. The summed E-state index contributed by atoms with van der Waals surface area (Å²) in [6.07, 6.45) is -3.45. The largest absolute Gasteiger partial charge is 0.573 e. The minimum Gasteiger partial charge on any atom is -0.480 e. The molecule has 1 atom stereocenters. The first-order valence-corrected chi connectivity index (χ1v) is 7.98. The molecule has 0 radical (unpaired) electrons. The number of aliphatic carboxylic acids is 1. The van der Waals surface area contributed by atoms with E-state index in [9.17, 15) is 27.9 Å². The van der Waals surface area contributed by atoms with Crippen molar-refractivity contribution in [2.75, 3.05) is 0 Å². The second-order valence-electron chi connectivity index (χ2n) is 5.79. The number of fused-ring (bicyclic) bond motifs is 1. The van der Waals surface area contributed by atoms with Gasteiger partial charge in [-0.3, -0.25) is 4.57 Å². The maximum Gasteiger partial charge on any atom is 0.573 e. The third-order valence-corrected chi connectivity index (χ3v) is 4.27. The number of hydrogen-bond acceptors (Lipinski definition) is 4. The molecule has 3 rings (SSSR count). The number of aromatic nitrogens is 3. The van der Waals surface area contributed by atoms with Crippen LogP contribution >= 0.6 is 11.6 Å². The van der Waals surface area contributed by atoms with Crippen LogP contribution in [0.25, 0.3) is 0 Å². The van der Waals surface area contributed by atoms with Gasteiger partial charge in [0.15, 0.2) is 0 Å². The van der Waals surface area contributed by atoms with Crippen molar-refractivity contribution in [3.8, 4) is 5.75 Å². The van der Waals surface area contributed by atoms with Gasteiger partial charge < -0.3 is 9.84 Å². The highest BCUT2D eigenvalue weighted by molar-refractivity contribution is 6.32. The summed E-state index contributed by atoms with van der Waals surface area (Å²) >= 11 is 5.79. The number of hydrogen-bond donors (Lipinski definition) is 1. The number of benzene rings is 1. The zero-order valence-electron chi connectivity index (χ0n) is 13.2. The Kier molecular flexibility index (Phi) is 4.70. The molecule has 1 N–H and O–H groups in total. The van der Waals surface area contributed by atoms with Crippen molar-refractivity contribution >= 4 is 17.6 Å². The molecule has 0 aliphatic carbocycles. The van der Waals surface area contributed by atoms with Crippen LogP contribution in [-0.4, -0.2) is 31.8 Å². The number of ether oxygens (including phenoxy) is 1. The second-order valence-corrected chi connectivity index (χ2v) is 6.19. The van der Waals surface area contributed by atoms with E-state index in [-0.39, 0.29) is 11.6 Å². The molecular formula is C15H13ClF3N3O4. The van der Waals surface area contributed by atoms with Gasteiger partial charge in [-0.15, -0.1) is 13.2 Å². The zero-order valence-corrected chi connectivity index (χ0v) is 13.9. The molecule has 1 aliphatic heterocycles. The van der Waals surface area contributed by atoms with Crippen molar-refractivity contribution < 1.29 is 27.8 Å². The van der Waals surface area contributed by atoms with Gasteiger partial charge >= 0.3 is 18.0 Å². The first-order chi connectivity index (χ1) is 12.2. The van der Waals surface area contributed by atoms with E-state index in [0.29, 0.717) is 30.7 Å². The highest BCUT2D eigenvalue weighted by Crippen LogP contribution is 2.31. The predicted molar refractivity (Wildman–Crippen MR) is 83.3 cm³/mol. The van der Waals surface area contributed by atoms with Crippen LogP contribution in [-0.2, 0) is 17.8 Å². The summed E-state index contributed by atoms with van der Waals surface area (Å²) in [5.41, 5.74) is -0.159. The molecule has 26 heavy (non-hydrogen) atoms. The van der Waals surface area contributed by atoms with Crippen molar-refractivity contribution in [3.63, 3.8) is 0 Å². The van der Waals surface area contributed by atoms with Gasteiger partial charge in [-0.1, -0.05) is 17.7 Å². The van der Waals surface area contributed by atoms with E-state index in [2.05, 4.69) is 9.84 Å². The summed E-state index contributed by atoms with van der Waals surface area (Å²) in [5.74, 6) is -1.29. The summed E-state index contributed by atoms with van der Waals surface area (Å²) in [4.78, 5) is 23.8. The van der Waals surface area contributed by atoms with Gasteiger partial charge in [0.1, 0.15) is 17.6 Å². The molecule has 1 aliphatic rings. The van der Waals surface area contributed by atoms with Gasteiger partial charge in [0.25, 0.3) is 0 Å². The van der Waals surface area contributed by atoms with E-state index in [4.69, 9.17) is 11.6 Å². The van der Waals surface area contributed by atoms with Crippen molar-refractivity contribution in [2.45, 2.75) is 38.2 Å². The highest BCUT2D eigenvalue weighted by atomic mass is 35.5. The maximum atomic E-state index is 12.5. The standard InChI is InChI=1S/C15H13ClF3N3O4/c16-9-6-8(4-5-11(9)26-15(17,18)19)7-21-14(25)22-10(13(23)24)2-1-3-12(22)20-21/h4-6,10H,1-3,7H2,(H,23,24). The molecule has 2 heterocycles. The van der Waals surface area contributed by atoms with Crippen LogP contribution < -0.4 is 10.4 Å². The smallest absolute Gasteiger partial charge is 0.480 e. The van der Waals surface area contributed by atoms with Crippen LogP contribution in [0.4, 0.5) is 13.2 Å². The monoisotopic (exact) mass is 391 g/mol. The predicted octanol–water partition coefficient (Wildman–Crippen LogP) is 2.61. The molecule has 0 bridgehead atoms. The fourth-order valence-corrected chi connectivity index (χ4v) is 3.13. The number of carboxylic acids is 1. The highest BCUT2D eigenvalue weighted by Gasteiger charge is 2.32. The summed E-state index contributed by atoms with van der Waals surface area (Å²) in [6.45, 7) is -0.0583. The zero-order chi connectivity index (χ0) is 19.1. The fourth-order valence-electron chi connectivity index (χ4n) is 2.89. The number of rotatable bonds is 4. The molecule has 1 aromatic carbocycles. The Balaban J connectivity index is 1.88. The Hall–Kier alpha value is -2.49. The van der Waals surface area contributed by atoms with Crippen LogP contribution in [0.3, 0.4) is 0 Å². The second kappa shape index (κ2) is 6.67. The Bertz CT molecular complexity index is 907. The van der Waals surface area contributed by atoms with Crippen LogP contribution in [0.2, 0.25) is 5.02 Å². The summed E-state index contributed by atoms with van der Waals surface area (Å²) in [5, 5.41) is 13.1. The average Bonchev–Trinajstić information content (AvgIpc) is 2.85. The summed E-state index contributed by atoms with van der Waals surface area (Å²) in [7, 11) is 0.